The van der Waals surface area contributed by atoms with Gasteiger partial charge in [0.2, 0.25) is 0 Å². The predicted octanol–water partition coefficient (Wildman–Crippen LogP) is -0.801. The van der Waals surface area contributed by atoms with Gasteiger partial charge in [-0.25, -0.2) is 4.39 Å². The molecule has 0 aromatic carbocycles. The largest absolute Gasteiger partial charge is 1.00 e. The van der Waals surface area contributed by atoms with Gasteiger partial charge in [0.05, 0.1) is 0 Å². The first-order chi connectivity index (χ1) is 10.4. The van der Waals surface area contributed by atoms with Gasteiger partial charge in [0.25, 0.3) is 0 Å². The van der Waals surface area contributed by atoms with Crippen LogP contribution < -0.4 is 24.8 Å². The second kappa shape index (κ2) is 13.4. The number of aromatic nitrogens is 1. The number of halogens is 6. The fourth-order valence-electron chi connectivity index (χ4n) is 1.50. The molecule has 1 aromatic rings. The van der Waals surface area contributed by atoms with E-state index in [4.69, 9.17) is 0 Å². The van der Waals surface area contributed by atoms with Crippen LogP contribution in [0.3, 0.4) is 0 Å². The maximum atomic E-state index is 12.8. The van der Waals surface area contributed by atoms with Gasteiger partial charge in [-0.2, -0.15) is 0 Å². The number of hydrogen-bond acceptors (Lipinski definition) is 1. The first kappa shape index (κ1) is 25.4. The fourth-order valence-corrected chi connectivity index (χ4v) is 1.98. The number of alkyl halides is 1. The van der Waals surface area contributed by atoms with Gasteiger partial charge in [0.1, 0.15) is 5.83 Å². The smallest absolute Gasteiger partial charge is 0.0267 e. The van der Waals surface area contributed by atoms with Crippen LogP contribution in [0.5, 0.6) is 0 Å². The van der Waals surface area contributed by atoms with Gasteiger partial charge < -0.3 is 24.8 Å². The number of rotatable bonds is 0. The van der Waals surface area contributed by atoms with Crippen molar-refractivity contribution in [2.24, 2.45) is 0 Å². The summed E-state index contributed by atoms with van der Waals surface area (Å²) in [5.41, 5.74) is 0. The van der Waals surface area contributed by atoms with Crippen LogP contribution in [0.2, 0.25) is 0 Å². The molecule has 24 heavy (non-hydrogen) atoms. The van der Waals surface area contributed by atoms with E-state index >= 15 is 0 Å². The van der Waals surface area contributed by atoms with Gasteiger partial charge in [-0.3, -0.25) is 4.98 Å². The Labute approximate surface area is 162 Å². The third-order valence-corrected chi connectivity index (χ3v) is 2.88. The molecule has 0 radical (unpaired) electrons. The summed E-state index contributed by atoms with van der Waals surface area (Å²) >= 11 is 1.14. The molecule has 0 N–H and O–H groups in total. The molecule has 0 amide bonds. The van der Waals surface area contributed by atoms with Gasteiger partial charge in [-0.15, -0.1) is 0 Å². The van der Waals surface area contributed by atoms with Crippen molar-refractivity contribution in [1.82, 2.24) is 4.98 Å². The van der Waals surface area contributed by atoms with Crippen LogP contribution in [0, 0.1) is 0 Å². The van der Waals surface area contributed by atoms with Crippen LogP contribution in [0.1, 0.15) is 12.8 Å². The van der Waals surface area contributed by atoms with Crippen LogP contribution in [0.4, 0.5) is 17.6 Å². The summed E-state index contributed by atoms with van der Waals surface area (Å²) in [6.07, 6.45) is 10.2. The van der Waals surface area contributed by atoms with Crippen LogP contribution >= 0.6 is 0 Å². The van der Waals surface area contributed by atoms with E-state index in [9.17, 15) is 17.6 Å². The molecule has 1 heterocycles. The molecule has 1 atom stereocenters. The summed E-state index contributed by atoms with van der Waals surface area (Å²) in [5.74, 6) is -1.69. The van der Waals surface area contributed by atoms with Gasteiger partial charge in [0.15, 0.2) is 0 Å². The Balaban J connectivity index is 0. The minimum Gasteiger partial charge on any atom is -1.00 e. The summed E-state index contributed by atoms with van der Waals surface area (Å²) < 4.78 is 47.1. The number of hydrogen-bond donors (Lipinski definition) is 0. The van der Waals surface area contributed by atoms with Crippen LogP contribution in [0.25, 0.3) is 0 Å². The van der Waals surface area contributed by atoms with Crippen molar-refractivity contribution >= 4 is 0 Å². The maximum absolute atomic E-state index is 12.8. The molecule has 1 nitrogen and oxygen atoms in total. The summed E-state index contributed by atoms with van der Waals surface area (Å²) in [6.45, 7) is 0. The Morgan fingerprint density at radius 3 is 1.88 bits per heavy atom. The van der Waals surface area contributed by atoms with E-state index in [2.05, 4.69) is 4.98 Å². The molecule has 0 fully saturated rings. The van der Waals surface area contributed by atoms with Crippen LogP contribution in [-0.4, -0.2) is 8.96 Å². The normalized spacial score (nSPS) is 20.5. The zero-order valence-corrected chi connectivity index (χ0v) is 15.5. The standard InChI is InChI=1S/C6H4F3.C5H5F.C5H5N.2ClH.Ti/c7-4-1-5(8)3-6(9)2-4;6-5-3-1-2-4-5;1-2-4-6-5-3-1;;;/h1-2H,3H2;1,3-4H,2H2;1-5H;2*1H;/q;;;;;+2/p-2. The molecule has 1 unspecified atom stereocenters. The third-order valence-electron chi connectivity index (χ3n) is 2.38. The molecule has 1 aromatic heterocycles. The molecular formula is C16H14Cl2F4NTi. The Morgan fingerprint density at radius 2 is 1.62 bits per heavy atom. The summed E-state index contributed by atoms with van der Waals surface area (Å²) in [5, 5.41) is 0. The molecule has 0 bridgehead atoms. The SMILES string of the molecule is FC1=CCC=C1.FC1=C[C](F)([Ti+2])CC(F)=C1.[Cl-].[Cl-].c1ccncc1. The van der Waals surface area contributed by atoms with Crippen molar-refractivity contribution in [3.63, 3.8) is 0 Å². The number of nitrogens with zero attached hydrogens (tertiary/aromatic N) is 1. The minimum atomic E-state index is -1.86. The van der Waals surface area contributed by atoms with Crippen LogP contribution in [-0.2, 0) is 20.4 Å². The minimum absolute atomic E-state index is 0. The zero-order valence-electron chi connectivity index (χ0n) is 12.4. The molecule has 2 aliphatic carbocycles. The fraction of sp³-hybridized carbons (Fsp3) is 0.188. The quantitative estimate of drug-likeness (QED) is 0.400. The van der Waals surface area contributed by atoms with E-state index in [0.717, 1.165) is 32.9 Å². The molecule has 0 saturated carbocycles. The topological polar surface area (TPSA) is 12.9 Å². The molecule has 2 aliphatic rings. The van der Waals surface area contributed by atoms with Gasteiger partial charge in [0, 0.05) is 12.4 Å². The third kappa shape index (κ3) is 12.5. The molecule has 8 heteroatoms. The maximum Gasteiger partial charge on any atom is 0.0267 e. The van der Waals surface area contributed by atoms with Crippen LogP contribution in [0.15, 0.2) is 78.5 Å². The van der Waals surface area contributed by atoms with Gasteiger partial charge >= 0.3 is 67.8 Å². The van der Waals surface area contributed by atoms with Crippen molar-refractivity contribution in [2.75, 3.05) is 0 Å². The monoisotopic (exact) mass is 414 g/mol. The summed E-state index contributed by atoms with van der Waals surface area (Å²) in [6, 6.07) is 5.72. The van der Waals surface area contributed by atoms with E-state index in [-0.39, 0.29) is 37.1 Å². The zero-order chi connectivity index (χ0) is 16.4. The molecule has 0 aliphatic heterocycles. The van der Waals surface area contributed by atoms with Gasteiger partial charge in [-0.1, -0.05) is 12.1 Å². The molecule has 129 valence electrons. The average molecular weight is 415 g/mol. The van der Waals surface area contributed by atoms with E-state index < -0.39 is 15.6 Å². The molecule has 3 rings (SSSR count). The van der Waals surface area contributed by atoms with E-state index in [1.54, 1.807) is 24.5 Å². The summed E-state index contributed by atoms with van der Waals surface area (Å²) in [7, 11) is 0. The van der Waals surface area contributed by atoms with E-state index in [1.165, 1.54) is 6.08 Å². The predicted molar refractivity (Wildman–Crippen MR) is 74.0 cm³/mol. The first-order valence-corrected chi connectivity index (χ1v) is 7.23. The van der Waals surface area contributed by atoms with E-state index in [0.29, 0.717) is 6.08 Å². The Kier molecular flexibility index (Phi) is 14.2. The second-order valence-corrected chi connectivity index (χ2v) is 5.71. The van der Waals surface area contributed by atoms with Crippen molar-refractivity contribution in [3.05, 3.63) is 78.5 Å². The second-order valence-electron chi connectivity index (χ2n) is 4.41. The molecule has 0 saturated heterocycles. The summed E-state index contributed by atoms with van der Waals surface area (Å²) in [4.78, 5) is 3.78. The Hall–Kier alpha value is -0.876. The van der Waals surface area contributed by atoms with E-state index in [1.807, 2.05) is 18.2 Å². The Morgan fingerprint density at radius 1 is 1.00 bits per heavy atom. The molecule has 0 spiro atoms. The van der Waals surface area contributed by atoms with Crippen molar-refractivity contribution in [3.8, 4) is 0 Å². The Bertz CT molecular complexity index is 558. The number of pyridine rings is 1. The van der Waals surface area contributed by atoms with Crippen molar-refractivity contribution < 1.29 is 62.8 Å². The van der Waals surface area contributed by atoms with Crippen molar-refractivity contribution in [1.29, 1.82) is 0 Å². The average Bonchev–Trinajstić information content (AvgIpc) is 2.90. The first-order valence-electron chi connectivity index (χ1n) is 6.44. The number of allylic oxidation sites excluding steroid dienone is 8. The molecular weight excluding hydrogens is 401 g/mol. The van der Waals surface area contributed by atoms with Gasteiger partial charge in [-0.05, 0) is 30.7 Å². The van der Waals surface area contributed by atoms with Crippen molar-refractivity contribution in [2.45, 2.75) is 16.8 Å².